The second-order valence-corrected chi connectivity index (χ2v) is 18.6. The van der Waals surface area contributed by atoms with Crippen LogP contribution in [0.25, 0.3) is 0 Å². The van der Waals surface area contributed by atoms with Crippen LogP contribution in [0.3, 0.4) is 0 Å². The van der Waals surface area contributed by atoms with E-state index < -0.39 is 26.5 Å². The summed E-state index contributed by atoms with van der Waals surface area (Å²) in [5.74, 6) is -0.515. The molecular formula is C51H96NO8P. The molecule has 0 fully saturated rings. The number of esters is 1. The van der Waals surface area contributed by atoms with E-state index in [1.54, 1.807) is 0 Å². The van der Waals surface area contributed by atoms with Crippen molar-refractivity contribution in [3.05, 3.63) is 36.5 Å². The van der Waals surface area contributed by atoms with Gasteiger partial charge in [0.15, 0.2) is 0 Å². The van der Waals surface area contributed by atoms with Gasteiger partial charge in [-0.1, -0.05) is 198 Å². The van der Waals surface area contributed by atoms with Gasteiger partial charge in [0, 0.05) is 19.4 Å². The van der Waals surface area contributed by atoms with Crippen LogP contribution in [-0.2, 0) is 27.9 Å². The Morgan fingerprint density at radius 1 is 0.508 bits per heavy atom. The number of phosphoric acid groups is 1. The largest absolute Gasteiger partial charge is 0.472 e. The Labute approximate surface area is 375 Å². The molecule has 0 aliphatic heterocycles. The molecule has 0 saturated carbocycles. The lowest BCUT2D eigenvalue weighted by atomic mass is 10.0. The molecule has 0 radical (unpaired) electrons. The molecule has 3 N–H and O–H groups in total. The normalized spacial score (nSPS) is 13.4. The van der Waals surface area contributed by atoms with Crippen LogP contribution in [-0.4, -0.2) is 54.3 Å². The van der Waals surface area contributed by atoms with Crippen molar-refractivity contribution in [1.82, 2.24) is 5.32 Å². The molecule has 0 heterocycles. The maximum Gasteiger partial charge on any atom is 0.472 e. The van der Waals surface area contributed by atoms with Crippen molar-refractivity contribution >= 4 is 19.7 Å². The highest BCUT2D eigenvalue weighted by atomic mass is 31.2. The lowest BCUT2D eigenvalue weighted by Gasteiger charge is -2.15. The van der Waals surface area contributed by atoms with Gasteiger partial charge in [-0.15, -0.1) is 0 Å². The maximum absolute atomic E-state index is 12.1. The van der Waals surface area contributed by atoms with Gasteiger partial charge in [0.1, 0.15) is 12.7 Å². The average molecular weight is 882 g/mol. The van der Waals surface area contributed by atoms with Crippen LogP contribution < -0.4 is 5.32 Å². The fourth-order valence-electron chi connectivity index (χ4n) is 7.17. The molecule has 2 atom stereocenters. The number of carbonyl (C=O) groups excluding carboxylic acids is 2. The number of allylic oxidation sites excluding steroid dienone is 6. The third kappa shape index (κ3) is 49.1. The first-order valence-electron chi connectivity index (χ1n) is 25.5. The zero-order chi connectivity index (χ0) is 44.6. The molecule has 0 spiro atoms. The van der Waals surface area contributed by atoms with Crippen molar-refractivity contribution in [2.24, 2.45) is 0 Å². The number of amides is 1. The molecule has 358 valence electrons. The molecule has 0 aliphatic carbocycles. The molecule has 2 unspecified atom stereocenters. The summed E-state index contributed by atoms with van der Waals surface area (Å²) in [4.78, 5) is 34.1. The summed E-state index contributed by atoms with van der Waals surface area (Å²) in [5.41, 5.74) is 0. The molecule has 0 aromatic rings. The first-order valence-corrected chi connectivity index (χ1v) is 27.0. The molecule has 0 aromatic carbocycles. The van der Waals surface area contributed by atoms with E-state index in [2.05, 4.69) is 55.6 Å². The van der Waals surface area contributed by atoms with Crippen LogP contribution in [0.2, 0.25) is 0 Å². The third-order valence-corrected chi connectivity index (χ3v) is 12.0. The maximum atomic E-state index is 12.1. The monoisotopic (exact) mass is 882 g/mol. The zero-order valence-electron chi connectivity index (χ0n) is 39.6. The molecule has 0 aromatic heterocycles. The Morgan fingerprint density at radius 2 is 0.885 bits per heavy atom. The fourth-order valence-corrected chi connectivity index (χ4v) is 7.93. The van der Waals surface area contributed by atoms with E-state index in [0.717, 1.165) is 44.9 Å². The van der Waals surface area contributed by atoms with E-state index in [1.165, 1.54) is 173 Å². The SMILES string of the molecule is CCCCC/C=C\C/C=C\CCCCCCCCCCCC(=O)OCC(O)COP(=O)(O)OCCNC(=O)CCCCCCCCCCCCC/C=C/CCCCCCCC. The summed E-state index contributed by atoms with van der Waals surface area (Å²) >= 11 is 0. The lowest BCUT2D eigenvalue weighted by Crippen LogP contribution is -2.27. The molecule has 0 rings (SSSR count). The van der Waals surface area contributed by atoms with E-state index in [1.807, 2.05) is 0 Å². The van der Waals surface area contributed by atoms with Gasteiger partial charge in [0.05, 0.1) is 13.2 Å². The first kappa shape index (κ1) is 59.2. The Morgan fingerprint density at radius 3 is 1.36 bits per heavy atom. The quantitative estimate of drug-likeness (QED) is 0.0238. The van der Waals surface area contributed by atoms with Crippen molar-refractivity contribution < 1.29 is 37.9 Å². The summed E-state index contributed by atoms with van der Waals surface area (Å²) in [5, 5.41) is 12.7. The molecule has 0 bridgehead atoms. The summed E-state index contributed by atoms with van der Waals surface area (Å²) < 4.78 is 27.0. The number of aliphatic hydroxyl groups is 1. The van der Waals surface area contributed by atoms with Gasteiger partial charge in [0.2, 0.25) is 5.91 Å². The minimum absolute atomic E-state index is 0.0821. The van der Waals surface area contributed by atoms with Crippen LogP contribution in [0.5, 0.6) is 0 Å². The van der Waals surface area contributed by atoms with Crippen molar-refractivity contribution in [3.63, 3.8) is 0 Å². The third-order valence-electron chi connectivity index (χ3n) is 11.0. The number of phosphoric ester groups is 1. The van der Waals surface area contributed by atoms with E-state index >= 15 is 0 Å². The second kappa shape index (κ2) is 47.7. The topological polar surface area (TPSA) is 131 Å². The van der Waals surface area contributed by atoms with E-state index in [9.17, 15) is 24.2 Å². The fraction of sp³-hybridized carbons (Fsp3) is 0.843. The van der Waals surface area contributed by atoms with Crippen molar-refractivity contribution in [3.8, 4) is 0 Å². The molecule has 10 heteroatoms. The number of rotatable bonds is 48. The molecular weight excluding hydrogens is 786 g/mol. The summed E-state index contributed by atoms with van der Waals surface area (Å²) in [6, 6.07) is 0. The predicted molar refractivity (Wildman–Crippen MR) is 257 cm³/mol. The molecule has 0 saturated heterocycles. The van der Waals surface area contributed by atoms with E-state index in [0.29, 0.717) is 6.42 Å². The highest BCUT2D eigenvalue weighted by molar-refractivity contribution is 7.47. The standard InChI is InChI=1S/C51H96NO8P/c1-3-5-7-9-11-13-15-17-19-21-23-24-26-27-29-31-33-35-37-39-41-43-50(54)52-45-46-59-61(56,57)60-48-49(53)47-58-51(55)44-42-40-38-36-34-32-30-28-25-22-20-18-16-14-12-10-8-6-4-2/h12,14,17-20,49,53H,3-11,13,15-16,21-48H2,1-2H3,(H,52,54)(H,56,57)/b14-12-,19-17+,20-18-. The highest BCUT2D eigenvalue weighted by Gasteiger charge is 2.23. The van der Waals surface area contributed by atoms with Crippen LogP contribution in [0.4, 0.5) is 0 Å². The molecule has 9 nitrogen and oxygen atoms in total. The highest BCUT2D eigenvalue weighted by Crippen LogP contribution is 2.42. The Bertz CT molecular complexity index is 1100. The van der Waals surface area contributed by atoms with Gasteiger partial charge in [-0.25, -0.2) is 4.57 Å². The Balaban J connectivity index is 3.55. The number of carbonyl (C=O) groups is 2. The van der Waals surface area contributed by atoms with E-state index in [4.69, 9.17) is 13.8 Å². The predicted octanol–water partition coefficient (Wildman–Crippen LogP) is 14.9. The number of unbranched alkanes of at least 4 members (excludes halogenated alkanes) is 29. The van der Waals surface area contributed by atoms with Crippen LogP contribution in [0.15, 0.2) is 36.5 Å². The van der Waals surface area contributed by atoms with Gasteiger partial charge in [-0.2, -0.15) is 0 Å². The average Bonchev–Trinajstić information content (AvgIpc) is 3.25. The van der Waals surface area contributed by atoms with Gasteiger partial charge in [-0.3, -0.25) is 18.6 Å². The zero-order valence-corrected chi connectivity index (χ0v) is 40.5. The van der Waals surface area contributed by atoms with Gasteiger partial charge < -0.3 is 20.1 Å². The molecule has 61 heavy (non-hydrogen) atoms. The van der Waals surface area contributed by atoms with Crippen molar-refractivity contribution in [1.29, 1.82) is 0 Å². The number of nitrogens with one attached hydrogen (secondary N) is 1. The van der Waals surface area contributed by atoms with Crippen LogP contribution in [0, 0.1) is 0 Å². The smallest absolute Gasteiger partial charge is 0.463 e. The number of aliphatic hydroxyl groups excluding tert-OH is 1. The van der Waals surface area contributed by atoms with Crippen molar-refractivity contribution in [2.75, 3.05) is 26.4 Å². The lowest BCUT2D eigenvalue weighted by molar-refractivity contribution is -0.147. The Kier molecular flexibility index (Phi) is 46.3. The van der Waals surface area contributed by atoms with E-state index in [-0.39, 0.29) is 32.1 Å². The van der Waals surface area contributed by atoms with Crippen LogP contribution >= 0.6 is 7.82 Å². The van der Waals surface area contributed by atoms with Crippen LogP contribution in [0.1, 0.15) is 245 Å². The number of hydrogen-bond donors (Lipinski definition) is 3. The minimum atomic E-state index is -4.42. The summed E-state index contributed by atoms with van der Waals surface area (Å²) in [7, 11) is -4.42. The molecule has 0 aliphatic rings. The minimum Gasteiger partial charge on any atom is -0.463 e. The first-order chi connectivity index (χ1) is 29.8. The number of ether oxygens (including phenoxy) is 1. The molecule has 1 amide bonds. The second-order valence-electron chi connectivity index (χ2n) is 17.1. The van der Waals surface area contributed by atoms with Gasteiger partial charge in [0.25, 0.3) is 0 Å². The summed E-state index contributed by atoms with van der Waals surface area (Å²) in [6.45, 7) is 3.55. The summed E-state index contributed by atoms with van der Waals surface area (Å²) in [6.07, 6.45) is 55.1. The Hall–Kier alpha value is -1.77. The van der Waals surface area contributed by atoms with Gasteiger partial charge in [-0.05, 0) is 70.6 Å². The van der Waals surface area contributed by atoms with Gasteiger partial charge >= 0.3 is 13.8 Å². The number of hydrogen-bond acceptors (Lipinski definition) is 7. The van der Waals surface area contributed by atoms with Crippen molar-refractivity contribution in [2.45, 2.75) is 251 Å².